The van der Waals surface area contributed by atoms with Crippen molar-refractivity contribution >= 4 is 67.8 Å². The molecule has 8 rings (SSSR count). The predicted molar refractivity (Wildman–Crippen MR) is 216 cm³/mol. The molecule has 0 aromatic heterocycles. The molecule has 3 heterocycles. The Hall–Kier alpha value is -4.50. The SMILES string of the molecule is CCOc1cc(/C=C2\SC(=Nc3cc4c5c(c3)[C@@H](c3ccccc3)CCN5CC[C@@H]4c3ccccc3)NC2=O)cc(Br)c1OCc1ccc(Cl)cc1. The van der Waals surface area contributed by atoms with Gasteiger partial charge < -0.3 is 19.7 Å². The van der Waals surface area contributed by atoms with E-state index in [0.717, 1.165) is 47.2 Å². The lowest BCUT2D eigenvalue weighted by molar-refractivity contribution is -0.115. The highest BCUT2D eigenvalue weighted by molar-refractivity contribution is 9.10. The maximum atomic E-state index is 13.3. The number of amides is 1. The van der Waals surface area contributed by atoms with Gasteiger partial charge in [-0.05, 0) is 123 Å². The van der Waals surface area contributed by atoms with Crippen molar-refractivity contribution in [1.29, 1.82) is 0 Å². The van der Waals surface area contributed by atoms with E-state index < -0.39 is 0 Å². The van der Waals surface area contributed by atoms with Crippen molar-refractivity contribution in [3.8, 4) is 11.5 Å². The van der Waals surface area contributed by atoms with Crippen LogP contribution in [0.3, 0.4) is 0 Å². The quantitative estimate of drug-likeness (QED) is 0.151. The third-order valence-electron chi connectivity index (χ3n) is 9.81. The first-order valence-electron chi connectivity index (χ1n) is 17.6. The molecule has 0 spiro atoms. The summed E-state index contributed by atoms with van der Waals surface area (Å²) in [6, 6.07) is 37.5. The monoisotopic (exact) mass is 789 g/mol. The molecule has 3 aliphatic heterocycles. The van der Waals surface area contributed by atoms with Crippen LogP contribution in [0, 0.1) is 0 Å². The topological polar surface area (TPSA) is 63.2 Å². The second-order valence-corrected chi connectivity index (χ2v) is 15.4. The van der Waals surface area contributed by atoms with Crippen molar-refractivity contribution in [1.82, 2.24) is 5.32 Å². The number of nitrogens with zero attached hydrogens (tertiary/aromatic N) is 2. The van der Waals surface area contributed by atoms with Crippen molar-refractivity contribution in [3.63, 3.8) is 0 Å². The van der Waals surface area contributed by atoms with E-state index in [4.69, 9.17) is 26.1 Å². The third kappa shape index (κ3) is 7.25. The van der Waals surface area contributed by atoms with Crippen LogP contribution < -0.4 is 19.7 Å². The molecule has 1 fully saturated rings. The van der Waals surface area contributed by atoms with Crippen molar-refractivity contribution < 1.29 is 14.3 Å². The highest BCUT2D eigenvalue weighted by Gasteiger charge is 2.35. The molecule has 2 atom stereocenters. The molecule has 5 aromatic carbocycles. The third-order valence-corrected chi connectivity index (χ3v) is 11.6. The van der Waals surface area contributed by atoms with Gasteiger partial charge in [-0.2, -0.15) is 0 Å². The van der Waals surface area contributed by atoms with Crippen molar-refractivity contribution in [2.45, 2.75) is 38.2 Å². The Kier molecular flexibility index (Phi) is 10.1. The average Bonchev–Trinajstić information content (AvgIpc) is 3.50. The molecule has 1 amide bonds. The number of aliphatic imine (C=N–C) groups is 1. The van der Waals surface area contributed by atoms with Crippen LogP contribution in [-0.2, 0) is 11.4 Å². The van der Waals surface area contributed by atoms with Crippen LogP contribution in [-0.4, -0.2) is 30.8 Å². The smallest absolute Gasteiger partial charge is 0.264 e. The average molecular weight is 791 g/mol. The Bertz CT molecular complexity index is 2100. The van der Waals surface area contributed by atoms with Gasteiger partial charge in [0.1, 0.15) is 6.61 Å². The molecule has 1 saturated heterocycles. The van der Waals surface area contributed by atoms with E-state index in [1.807, 2.05) is 49.4 Å². The molecule has 1 N–H and O–H groups in total. The van der Waals surface area contributed by atoms with Crippen LogP contribution in [0.25, 0.3) is 6.08 Å². The van der Waals surface area contributed by atoms with E-state index >= 15 is 0 Å². The zero-order chi connectivity index (χ0) is 35.6. The lowest BCUT2D eigenvalue weighted by Gasteiger charge is -2.43. The molecule has 262 valence electrons. The number of ether oxygens (including phenoxy) is 2. The van der Waals surface area contributed by atoms with Gasteiger partial charge in [0.15, 0.2) is 16.7 Å². The van der Waals surface area contributed by atoms with E-state index in [1.54, 1.807) is 0 Å². The number of benzene rings is 5. The molecular weight excluding hydrogens is 754 g/mol. The van der Waals surface area contributed by atoms with Gasteiger partial charge in [0.25, 0.3) is 5.91 Å². The lowest BCUT2D eigenvalue weighted by Crippen LogP contribution is -2.37. The number of carbonyl (C=O) groups excluding carboxylic acids is 1. The van der Waals surface area contributed by atoms with Crippen LogP contribution >= 0.6 is 39.3 Å². The zero-order valence-electron chi connectivity index (χ0n) is 28.7. The van der Waals surface area contributed by atoms with E-state index in [-0.39, 0.29) is 17.7 Å². The van der Waals surface area contributed by atoms with Crippen LogP contribution in [0.2, 0.25) is 5.02 Å². The maximum absolute atomic E-state index is 13.3. The van der Waals surface area contributed by atoms with E-state index in [1.165, 1.54) is 39.7 Å². The summed E-state index contributed by atoms with van der Waals surface area (Å²) in [4.78, 5) is 21.5. The molecule has 3 aliphatic rings. The summed E-state index contributed by atoms with van der Waals surface area (Å²) in [6.45, 7) is 4.82. The molecule has 0 radical (unpaired) electrons. The second-order valence-electron chi connectivity index (χ2n) is 13.1. The van der Waals surface area contributed by atoms with Crippen molar-refractivity contribution in [2.24, 2.45) is 4.99 Å². The van der Waals surface area contributed by atoms with Crippen molar-refractivity contribution in [3.05, 3.63) is 157 Å². The standard InChI is InChI=1S/C43H37BrClN3O3S/c1-2-50-38-22-28(21-37(44)41(38)51-26-27-13-15-31(45)16-14-27)23-39-42(49)47-43(52-39)46-32-24-35-33(29-9-5-3-6-10-29)17-19-48-20-18-34(36(25-32)40(35)48)30-11-7-4-8-12-30/h3-16,21-25,33-34H,2,17-20,26H2,1H3,(H,46,47,49)/b39-23-/t33-,34-/m1/s1. The summed E-state index contributed by atoms with van der Waals surface area (Å²) in [5, 5.41) is 4.26. The minimum atomic E-state index is -0.185. The van der Waals surface area contributed by atoms with Crippen LogP contribution in [0.15, 0.2) is 124 Å². The normalized spacial score (nSPS) is 19.4. The van der Waals surface area contributed by atoms with Gasteiger partial charge >= 0.3 is 0 Å². The summed E-state index contributed by atoms with van der Waals surface area (Å²) < 4.78 is 12.9. The first kappa shape index (κ1) is 34.6. The highest BCUT2D eigenvalue weighted by atomic mass is 79.9. The molecule has 0 aliphatic carbocycles. The Labute approximate surface area is 322 Å². The second kappa shape index (κ2) is 15.2. The fraction of sp³-hybridized carbons (Fsp3) is 0.209. The number of anilines is 1. The molecular formula is C43H37BrClN3O3S. The summed E-state index contributed by atoms with van der Waals surface area (Å²) in [6.07, 6.45) is 3.97. The molecule has 9 heteroatoms. The largest absolute Gasteiger partial charge is 0.490 e. The number of carbonyl (C=O) groups is 1. The van der Waals surface area contributed by atoms with Gasteiger partial charge in [0.05, 0.1) is 21.7 Å². The Morgan fingerprint density at radius 3 is 2.13 bits per heavy atom. The number of rotatable bonds is 9. The van der Waals surface area contributed by atoms with Gasteiger partial charge in [-0.25, -0.2) is 4.99 Å². The van der Waals surface area contributed by atoms with Crippen LogP contribution in [0.4, 0.5) is 11.4 Å². The van der Waals surface area contributed by atoms with Crippen LogP contribution in [0.5, 0.6) is 11.5 Å². The zero-order valence-corrected chi connectivity index (χ0v) is 31.8. The predicted octanol–water partition coefficient (Wildman–Crippen LogP) is 10.8. The minimum Gasteiger partial charge on any atom is -0.490 e. The van der Waals surface area contributed by atoms with Gasteiger partial charge in [-0.3, -0.25) is 4.79 Å². The molecule has 0 bridgehead atoms. The fourth-order valence-corrected chi connectivity index (χ4v) is 9.01. The first-order chi connectivity index (χ1) is 25.4. The number of hydrogen-bond donors (Lipinski definition) is 1. The molecule has 52 heavy (non-hydrogen) atoms. The maximum Gasteiger partial charge on any atom is 0.264 e. The summed E-state index contributed by atoms with van der Waals surface area (Å²) in [5.74, 6) is 1.56. The number of amidine groups is 1. The molecule has 5 aromatic rings. The fourth-order valence-electron chi connectivity index (χ4n) is 7.46. The van der Waals surface area contributed by atoms with Crippen LogP contribution in [0.1, 0.15) is 65.0 Å². The van der Waals surface area contributed by atoms with E-state index in [2.05, 4.69) is 98.9 Å². The van der Waals surface area contributed by atoms with E-state index in [0.29, 0.717) is 39.8 Å². The van der Waals surface area contributed by atoms with Gasteiger partial charge in [-0.15, -0.1) is 0 Å². The van der Waals surface area contributed by atoms with Gasteiger partial charge in [-0.1, -0.05) is 84.4 Å². The lowest BCUT2D eigenvalue weighted by atomic mass is 9.76. The van der Waals surface area contributed by atoms with Gasteiger partial charge in [0.2, 0.25) is 0 Å². The summed E-state index contributed by atoms with van der Waals surface area (Å²) >= 11 is 11.1. The minimum absolute atomic E-state index is 0.185. The number of halogens is 2. The Balaban J connectivity index is 1.11. The molecule has 0 unspecified atom stereocenters. The van der Waals surface area contributed by atoms with E-state index in [9.17, 15) is 4.79 Å². The molecule has 6 nitrogen and oxygen atoms in total. The number of nitrogens with one attached hydrogen (secondary N) is 1. The van der Waals surface area contributed by atoms with Crippen molar-refractivity contribution in [2.75, 3.05) is 24.6 Å². The van der Waals surface area contributed by atoms with Gasteiger partial charge in [0, 0.05) is 35.6 Å². The highest BCUT2D eigenvalue weighted by Crippen LogP contribution is 2.50. The Morgan fingerprint density at radius 2 is 1.52 bits per heavy atom. The Morgan fingerprint density at radius 1 is 0.885 bits per heavy atom. The number of thioether (sulfide) groups is 1. The first-order valence-corrected chi connectivity index (χ1v) is 19.6. The number of hydrogen-bond acceptors (Lipinski definition) is 6. The summed E-state index contributed by atoms with van der Waals surface area (Å²) in [7, 11) is 0. The molecule has 0 saturated carbocycles. The summed E-state index contributed by atoms with van der Waals surface area (Å²) in [5.41, 5.74) is 9.27.